The Morgan fingerprint density at radius 3 is 1.92 bits per heavy atom. The standard InChI is InChI=1S/C6H13NO14S3/c8-4-2(1-20-24(17,18)19)21-5(9)3(7-23(14,15)16)6(4,10)22(11,12)13/h2-5,7-10H,1H2,(H,11,12,13)(H,14,15,16)(H,17,18,19)/t2-,3+,4-,5?,6+/m1/s1. The number of ether oxygens (including phenoxy) is 1. The molecule has 7 N–H and O–H groups in total. The Hall–Kier alpha value is -0.510. The molecule has 0 radical (unpaired) electrons. The van der Waals surface area contributed by atoms with Gasteiger partial charge in [0, 0.05) is 0 Å². The average molecular weight is 419 g/mol. The Labute approximate surface area is 135 Å². The third-order valence-corrected chi connectivity index (χ3v) is 5.20. The SMILES string of the molecule is O=S(=O)(O)N[C@H]1C(O)O[C@H](COS(=O)(=O)O)[C@@H](O)[C@@]1(O)S(=O)(=O)O. The summed E-state index contributed by atoms with van der Waals surface area (Å²) in [4.78, 5) is -3.88. The zero-order chi connectivity index (χ0) is 19.1. The second kappa shape index (κ2) is 6.66. The third kappa shape index (κ3) is 4.77. The fourth-order valence-corrected chi connectivity index (χ4v) is 3.84. The molecule has 1 saturated heterocycles. The van der Waals surface area contributed by atoms with Gasteiger partial charge in [0.25, 0.3) is 10.1 Å². The van der Waals surface area contributed by atoms with E-state index in [4.69, 9.17) is 13.7 Å². The van der Waals surface area contributed by atoms with Gasteiger partial charge in [-0.3, -0.25) is 13.7 Å². The summed E-state index contributed by atoms with van der Waals surface area (Å²) < 4.78 is 101. The van der Waals surface area contributed by atoms with Gasteiger partial charge in [-0.15, -0.1) is 0 Å². The van der Waals surface area contributed by atoms with Crippen LogP contribution in [0.2, 0.25) is 0 Å². The van der Waals surface area contributed by atoms with Crippen LogP contribution in [0.3, 0.4) is 0 Å². The van der Waals surface area contributed by atoms with Crippen molar-refractivity contribution >= 4 is 30.8 Å². The zero-order valence-electron chi connectivity index (χ0n) is 11.2. The lowest BCUT2D eigenvalue weighted by atomic mass is 9.97. The predicted molar refractivity (Wildman–Crippen MR) is 69.4 cm³/mol. The summed E-state index contributed by atoms with van der Waals surface area (Å²) in [5.74, 6) is 0. The number of hydrogen-bond donors (Lipinski definition) is 7. The van der Waals surface area contributed by atoms with E-state index in [0.29, 0.717) is 0 Å². The van der Waals surface area contributed by atoms with Crippen LogP contribution >= 0.6 is 0 Å². The molecule has 0 amide bonds. The van der Waals surface area contributed by atoms with Gasteiger partial charge in [0.05, 0.1) is 6.61 Å². The van der Waals surface area contributed by atoms with E-state index < -0.39 is 66.9 Å². The molecule has 0 aliphatic carbocycles. The van der Waals surface area contributed by atoms with Crippen molar-refractivity contribution in [3.63, 3.8) is 0 Å². The Morgan fingerprint density at radius 2 is 1.54 bits per heavy atom. The molecule has 1 aliphatic rings. The molecule has 1 heterocycles. The van der Waals surface area contributed by atoms with Gasteiger partial charge in [0.15, 0.2) is 6.29 Å². The van der Waals surface area contributed by atoms with Crippen LogP contribution in [-0.2, 0) is 39.7 Å². The number of nitrogens with one attached hydrogen (secondary N) is 1. The highest BCUT2D eigenvalue weighted by molar-refractivity contribution is 7.87. The van der Waals surface area contributed by atoms with Crippen LogP contribution in [0.25, 0.3) is 0 Å². The molecule has 18 heteroatoms. The van der Waals surface area contributed by atoms with E-state index in [1.165, 1.54) is 0 Å². The Bertz CT molecular complexity index is 771. The Morgan fingerprint density at radius 1 is 1.04 bits per heavy atom. The minimum absolute atomic E-state index is 1.02. The fraction of sp³-hybridized carbons (Fsp3) is 1.00. The fourth-order valence-electron chi connectivity index (χ4n) is 1.89. The molecular weight excluding hydrogens is 406 g/mol. The average Bonchev–Trinajstić information content (AvgIpc) is 2.34. The number of aliphatic hydroxyl groups excluding tert-OH is 2. The van der Waals surface area contributed by atoms with Gasteiger partial charge in [0.2, 0.25) is 4.93 Å². The number of hydrogen-bond acceptors (Lipinski definition) is 11. The van der Waals surface area contributed by atoms with Crippen LogP contribution in [0, 0.1) is 0 Å². The maximum Gasteiger partial charge on any atom is 0.397 e. The van der Waals surface area contributed by atoms with Crippen molar-refractivity contribution in [1.29, 1.82) is 0 Å². The van der Waals surface area contributed by atoms with Crippen molar-refractivity contribution in [2.45, 2.75) is 29.5 Å². The van der Waals surface area contributed by atoms with Crippen LogP contribution in [0.1, 0.15) is 0 Å². The van der Waals surface area contributed by atoms with Crippen molar-refractivity contribution < 1.29 is 63.2 Å². The minimum atomic E-state index is -5.76. The van der Waals surface area contributed by atoms with Crippen LogP contribution in [0.5, 0.6) is 0 Å². The van der Waals surface area contributed by atoms with E-state index in [1.807, 2.05) is 0 Å². The van der Waals surface area contributed by atoms with Gasteiger partial charge in [-0.2, -0.15) is 30.0 Å². The molecule has 15 nitrogen and oxygen atoms in total. The second-order valence-electron chi connectivity index (χ2n) is 4.52. The summed E-state index contributed by atoms with van der Waals surface area (Å²) in [6.45, 7) is -1.34. The molecule has 5 atom stereocenters. The van der Waals surface area contributed by atoms with Gasteiger partial charge in [0.1, 0.15) is 18.2 Å². The molecular formula is C6H13NO14S3. The van der Waals surface area contributed by atoms with E-state index >= 15 is 0 Å². The van der Waals surface area contributed by atoms with E-state index in [9.17, 15) is 40.6 Å². The largest absolute Gasteiger partial charge is 0.397 e. The first-order chi connectivity index (χ1) is 10.5. The quantitative estimate of drug-likeness (QED) is 0.199. The first-order valence-electron chi connectivity index (χ1n) is 5.56. The molecule has 24 heavy (non-hydrogen) atoms. The monoisotopic (exact) mass is 419 g/mol. The van der Waals surface area contributed by atoms with Gasteiger partial charge in [-0.25, -0.2) is 4.18 Å². The minimum Gasteiger partial charge on any atom is -0.386 e. The Balaban J connectivity index is 3.30. The number of aliphatic hydroxyl groups is 3. The van der Waals surface area contributed by atoms with Gasteiger partial charge < -0.3 is 20.1 Å². The van der Waals surface area contributed by atoms with Crippen LogP contribution in [-0.4, -0.2) is 90.3 Å². The lowest BCUT2D eigenvalue weighted by molar-refractivity contribution is -0.262. The molecule has 0 aromatic carbocycles. The highest BCUT2D eigenvalue weighted by atomic mass is 32.3. The lowest BCUT2D eigenvalue weighted by Gasteiger charge is -2.45. The lowest BCUT2D eigenvalue weighted by Crippen LogP contribution is -2.74. The molecule has 0 bridgehead atoms. The zero-order valence-corrected chi connectivity index (χ0v) is 13.6. The molecule has 0 aromatic rings. The maximum absolute atomic E-state index is 11.4. The predicted octanol–water partition coefficient (Wildman–Crippen LogP) is -4.78. The van der Waals surface area contributed by atoms with E-state index in [-0.39, 0.29) is 0 Å². The topological polar surface area (TPSA) is 254 Å². The summed E-state index contributed by atoms with van der Waals surface area (Å²) in [6, 6.07) is -2.72. The molecule has 1 unspecified atom stereocenters. The van der Waals surface area contributed by atoms with Crippen molar-refractivity contribution in [3.8, 4) is 0 Å². The van der Waals surface area contributed by atoms with Crippen molar-refractivity contribution in [2.75, 3.05) is 6.61 Å². The molecule has 1 fully saturated rings. The van der Waals surface area contributed by atoms with Gasteiger partial charge in [-0.1, -0.05) is 0 Å². The summed E-state index contributed by atoms with van der Waals surface area (Å²) in [7, 11) is -16.1. The van der Waals surface area contributed by atoms with Crippen LogP contribution in [0.15, 0.2) is 0 Å². The molecule has 0 aromatic heterocycles. The van der Waals surface area contributed by atoms with Gasteiger partial charge in [-0.05, 0) is 0 Å². The first-order valence-corrected chi connectivity index (χ1v) is 9.81. The molecule has 0 spiro atoms. The van der Waals surface area contributed by atoms with E-state index in [0.717, 1.165) is 4.72 Å². The highest BCUT2D eigenvalue weighted by Crippen LogP contribution is 2.33. The Kier molecular flexibility index (Phi) is 5.98. The van der Waals surface area contributed by atoms with E-state index in [1.54, 1.807) is 0 Å². The van der Waals surface area contributed by atoms with E-state index in [2.05, 4.69) is 8.92 Å². The maximum atomic E-state index is 11.4. The van der Waals surface area contributed by atoms with Crippen molar-refractivity contribution in [1.82, 2.24) is 4.72 Å². The smallest absolute Gasteiger partial charge is 0.386 e. The second-order valence-corrected chi connectivity index (χ2v) is 8.40. The summed E-state index contributed by atoms with van der Waals surface area (Å²) >= 11 is 0. The molecule has 144 valence electrons. The number of rotatable bonds is 6. The van der Waals surface area contributed by atoms with Crippen molar-refractivity contribution in [3.05, 3.63) is 0 Å². The van der Waals surface area contributed by atoms with Gasteiger partial charge >= 0.3 is 20.7 Å². The van der Waals surface area contributed by atoms with Crippen LogP contribution in [0.4, 0.5) is 0 Å². The molecule has 1 aliphatic heterocycles. The third-order valence-electron chi connectivity index (χ3n) is 2.89. The normalized spacial score (nSPS) is 35.8. The molecule has 0 saturated carbocycles. The highest BCUT2D eigenvalue weighted by Gasteiger charge is 2.64. The summed E-state index contributed by atoms with van der Waals surface area (Å²) in [5, 5.41) is 29.4. The summed E-state index contributed by atoms with van der Waals surface area (Å²) in [5.41, 5.74) is 0. The van der Waals surface area contributed by atoms with Crippen molar-refractivity contribution in [2.24, 2.45) is 0 Å². The summed E-state index contributed by atoms with van der Waals surface area (Å²) in [6.07, 6.45) is -7.58. The van der Waals surface area contributed by atoms with Crippen LogP contribution < -0.4 is 4.72 Å². The molecule has 1 rings (SSSR count). The first kappa shape index (κ1) is 21.5.